The van der Waals surface area contributed by atoms with E-state index in [1.54, 1.807) is 43.5 Å². The normalized spacial score (nSPS) is 12.1. The Hall–Kier alpha value is -4.15. The number of carbonyl (C=O) groups excluding carboxylic acids is 1. The van der Waals surface area contributed by atoms with Gasteiger partial charge < -0.3 is 11.1 Å². The van der Waals surface area contributed by atoms with Crippen molar-refractivity contribution in [3.8, 4) is 11.1 Å². The first kappa shape index (κ1) is 24.0. The summed E-state index contributed by atoms with van der Waals surface area (Å²) in [7, 11) is 0. The minimum Gasteiger partial charge on any atom is -0.368 e. The summed E-state index contributed by atoms with van der Waals surface area (Å²) in [6.07, 6.45) is -8.58. The Balaban J connectivity index is 1.74. The number of para-hydroxylation sites is 1. The molecule has 3 N–H and O–H groups in total. The van der Waals surface area contributed by atoms with Crippen molar-refractivity contribution >= 4 is 28.4 Å². The number of rotatable bonds is 3. The van der Waals surface area contributed by atoms with Crippen LogP contribution in [0.5, 0.6) is 0 Å². The third-order valence-corrected chi connectivity index (χ3v) is 5.26. The molecule has 4 rings (SSSR count). The van der Waals surface area contributed by atoms with Crippen LogP contribution in [0.1, 0.15) is 27.0 Å². The monoisotopic (exact) mass is 490 g/mol. The second-order valence-electron chi connectivity index (χ2n) is 7.75. The van der Waals surface area contributed by atoms with Crippen LogP contribution in [0.15, 0.2) is 60.8 Å². The number of amides is 1. The zero-order valence-corrected chi connectivity index (χ0v) is 17.9. The van der Waals surface area contributed by atoms with Crippen molar-refractivity contribution in [2.75, 3.05) is 11.1 Å². The molecule has 1 aromatic heterocycles. The van der Waals surface area contributed by atoms with E-state index in [2.05, 4.69) is 15.3 Å². The highest BCUT2D eigenvalue weighted by atomic mass is 19.4. The molecule has 0 bridgehead atoms. The first-order valence-electron chi connectivity index (χ1n) is 10.1. The highest BCUT2D eigenvalue weighted by Crippen LogP contribution is 2.37. The minimum atomic E-state index is -5.06. The summed E-state index contributed by atoms with van der Waals surface area (Å²) >= 11 is 0. The molecule has 3 aromatic carbocycles. The van der Waals surface area contributed by atoms with Gasteiger partial charge in [-0.25, -0.2) is 9.97 Å². The molecule has 0 unspecified atom stereocenters. The van der Waals surface area contributed by atoms with Gasteiger partial charge in [-0.15, -0.1) is 0 Å². The number of nitrogens with one attached hydrogen (secondary N) is 1. The molecule has 0 saturated carbocycles. The maximum Gasteiger partial charge on any atom is 0.416 e. The van der Waals surface area contributed by atoms with E-state index in [0.717, 1.165) is 5.56 Å². The van der Waals surface area contributed by atoms with E-state index in [4.69, 9.17) is 5.73 Å². The van der Waals surface area contributed by atoms with Crippen molar-refractivity contribution in [2.24, 2.45) is 0 Å². The van der Waals surface area contributed by atoms with Gasteiger partial charge in [0.15, 0.2) is 0 Å². The second-order valence-corrected chi connectivity index (χ2v) is 7.75. The van der Waals surface area contributed by atoms with Gasteiger partial charge in [-0.05, 0) is 48.4 Å². The number of halogens is 6. The van der Waals surface area contributed by atoms with Crippen LogP contribution in [0, 0.1) is 6.92 Å². The van der Waals surface area contributed by atoms with Gasteiger partial charge in [-0.1, -0.05) is 24.3 Å². The van der Waals surface area contributed by atoms with Crippen molar-refractivity contribution in [1.82, 2.24) is 9.97 Å². The van der Waals surface area contributed by atoms with Gasteiger partial charge in [0.1, 0.15) is 0 Å². The van der Waals surface area contributed by atoms with E-state index in [9.17, 15) is 31.1 Å². The number of aromatic nitrogens is 2. The average Bonchev–Trinajstić information content (AvgIpc) is 2.78. The summed E-state index contributed by atoms with van der Waals surface area (Å²) in [6.45, 7) is 1.80. The molecule has 0 spiro atoms. The number of nitrogen functional groups attached to an aromatic ring is 1. The Bertz CT molecular complexity index is 1410. The lowest BCUT2D eigenvalue weighted by Crippen LogP contribution is -2.17. The summed E-state index contributed by atoms with van der Waals surface area (Å²) in [4.78, 5) is 20.9. The fourth-order valence-corrected chi connectivity index (χ4v) is 3.57. The van der Waals surface area contributed by atoms with Crippen LogP contribution in [0.25, 0.3) is 22.0 Å². The van der Waals surface area contributed by atoms with Crippen LogP contribution < -0.4 is 11.1 Å². The van der Waals surface area contributed by atoms with E-state index < -0.39 is 35.0 Å². The second kappa shape index (κ2) is 8.57. The molecule has 5 nitrogen and oxygen atoms in total. The Morgan fingerprint density at radius 3 is 2.17 bits per heavy atom. The number of anilines is 2. The molecule has 1 heterocycles. The largest absolute Gasteiger partial charge is 0.416 e. The quantitative estimate of drug-likeness (QED) is 0.322. The Morgan fingerprint density at radius 1 is 0.886 bits per heavy atom. The van der Waals surface area contributed by atoms with Crippen molar-refractivity contribution in [3.05, 3.63) is 83.0 Å². The molecule has 0 aliphatic rings. The lowest BCUT2D eigenvalue weighted by molar-refractivity contribution is -0.143. The molecule has 0 saturated heterocycles. The summed E-state index contributed by atoms with van der Waals surface area (Å²) in [6, 6.07) is 10.7. The number of hydrogen-bond acceptors (Lipinski definition) is 4. The highest BCUT2D eigenvalue weighted by molar-refractivity contribution is 6.05. The van der Waals surface area contributed by atoms with Crippen molar-refractivity contribution in [1.29, 1.82) is 0 Å². The van der Waals surface area contributed by atoms with Crippen LogP contribution in [0.3, 0.4) is 0 Å². The number of alkyl halides is 6. The maximum atomic E-state index is 13.1. The van der Waals surface area contributed by atoms with Gasteiger partial charge in [0.05, 0.1) is 16.6 Å². The Kier molecular flexibility index (Phi) is 5.87. The molecule has 35 heavy (non-hydrogen) atoms. The molecule has 4 aromatic rings. The molecular formula is C24H16F6N4O. The summed E-state index contributed by atoms with van der Waals surface area (Å²) in [5.41, 5.74) is 4.57. The summed E-state index contributed by atoms with van der Waals surface area (Å²) in [5.74, 6) is -1.07. The van der Waals surface area contributed by atoms with Crippen LogP contribution >= 0.6 is 0 Å². The van der Waals surface area contributed by atoms with E-state index in [1.165, 1.54) is 6.07 Å². The third-order valence-electron chi connectivity index (χ3n) is 5.26. The van der Waals surface area contributed by atoms with Crippen LogP contribution in [0.2, 0.25) is 0 Å². The van der Waals surface area contributed by atoms with E-state index in [0.29, 0.717) is 34.2 Å². The fraction of sp³-hybridized carbons (Fsp3) is 0.125. The Morgan fingerprint density at radius 2 is 1.54 bits per heavy atom. The van der Waals surface area contributed by atoms with Gasteiger partial charge in [-0.3, -0.25) is 4.79 Å². The highest BCUT2D eigenvalue weighted by Gasteiger charge is 2.37. The number of aryl methyl sites for hydroxylation is 1. The smallest absolute Gasteiger partial charge is 0.368 e. The van der Waals surface area contributed by atoms with Crippen LogP contribution in [-0.4, -0.2) is 15.9 Å². The van der Waals surface area contributed by atoms with Crippen molar-refractivity contribution in [2.45, 2.75) is 19.3 Å². The van der Waals surface area contributed by atoms with Crippen molar-refractivity contribution in [3.63, 3.8) is 0 Å². The van der Waals surface area contributed by atoms with E-state index >= 15 is 0 Å². The van der Waals surface area contributed by atoms with Gasteiger partial charge in [-0.2, -0.15) is 26.3 Å². The van der Waals surface area contributed by atoms with Gasteiger partial charge in [0, 0.05) is 28.4 Å². The standard InChI is InChI=1S/C24H16F6N4O/c1-12-5-6-17(10-19(12)18-4-2-3-13-11-32-22(31)34-20(13)18)33-21(35)14-7-15(23(25,26)27)9-16(8-14)24(28,29)30/h2-11H,1H3,(H,33,35)(H2,31,32,34). The summed E-state index contributed by atoms with van der Waals surface area (Å²) in [5, 5.41) is 3.08. The molecule has 0 atom stereocenters. The third kappa shape index (κ3) is 5.03. The SMILES string of the molecule is Cc1ccc(NC(=O)c2cc(C(F)(F)F)cc(C(F)(F)F)c2)cc1-c1cccc2cnc(N)nc12. The predicted octanol–water partition coefficient (Wildman–Crippen LogP) is 6.48. The van der Waals surface area contributed by atoms with Gasteiger partial charge in [0.2, 0.25) is 5.95 Å². The first-order chi connectivity index (χ1) is 16.3. The van der Waals surface area contributed by atoms with Crippen LogP contribution in [0.4, 0.5) is 38.0 Å². The molecule has 0 aliphatic carbocycles. The van der Waals surface area contributed by atoms with E-state index in [-0.39, 0.29) is 17.7 Å². The molecule has 11 heteroatoms. The topological polar surface area (TPSA) is 80.9 Å². The molecule has 180 valence electrons. The lowest BCUT2D eigenvalue weighted by Gasteiger charge is -2.15. The van der Waals surface area contributed by atoms with Crippen LogP contribution in [-0.2, 0) is 12.4 Å². The number of nitrogens with two attached hydrogens (primary N) is 1. The molecule has 0 fully saturated rings. The summed E-state index contributed by atoms with van der Waals surface area (Å²) < 4.78 is 78.9. The lowest BCUT2D eigenvalue weighted by atomic mass is 9.97. The number of nitrogens with zero attached hydrogens (tertiary/aromatic N) is 2. The number of benzene rings is 3. The predicted molar refractivity (Wildman–Crippen MR) is 119 cm³/mol. The zero-order valence-electron chi connectivity index (χ0n) is 17.9. The first-order valence-corrected chi connectivity index (χ1v) is 10.1. The number of hydrogen-bond donors (Lipinski definition) is 2. The fourth-order valence-electron chi connectivity index (χ4n) is 3.57. The molecule has 0 radical (unpaired) electrons. The molecule has 0 aliphatic heterocycles. The average molecular weight is 490 g/mol. The van der Waals surface area contributed by atoms with Gasteiger partial charge in [0.25, 0.3) is 5.91 Å². The maximum absolute atomic E-state index is 13.1. The minimum absolute atomic E-state index is 0.0329. The number of fused-ring (bicyclic) bond motifs is 1. The molecular weight excluding hydrogens is 474 g/mol. The zero-order chi connectivity index (χ0) is 25.5. The molecule has 1 amide bonds. The Labute approximate surface area is 194 Å². The van der Waals surface area contributed by atoms with Crippen molar-refractivity contribution < 1.29 is 31.1 Å². The van der Waals surface area contributed by atoms with Gasteiger partial charge >= 0.3 is 12.4 Å². The van der Waals surface area contributed by atoms with E-state index in [1.807, 2.05) is 0 Å². The number of carbonyl (C=O) groups is 1.